The van der Waals surface area contributed by atoms with Crippen LogP contribution in [-0.2, 0) is 4.79 Å². The molecular formula is C7H9BrOS. The second kappa shape index (κ2) is 2.93. The molecule has 0 N–H and O–H groups in total. The summed E-state index contributed by atoms with van der Waals surface area (Å²) in [5, 5.41) is 4.18. The highest BCUT2D eigenvalue weighted by atomic mass is 79.9. The van der Waals surface area contributed by atoms with E-state index in [2.05, 4.69) is 14.8 Å². The van der Waals surface area contributed by atoms with E-state index in [9.17, 15) is 4.79 Å². The first-order valence-electron chi connectivity index (χ1n) is 3.09. The number of carbonyl (C=O) groups excluding carboxylic acids is 1. The number of allylic oxidation sites excluding steroid dienone is 2. The predicted molar refractivity (Wildman–Crippen MR) is 50.1 cm³/mol. The molecule has 0 aromatic rings. The molecule has 56 valence electrons. The molecule has 1 nitrogen and oxygen atoms in total. The summed E-state index contributed by atoms with van der Waals surface area (Å²) in [5.41, 5.74) is 0. The van der Waals surface area contributed by atoms with Crippen molar-refractivity contribution in [2.75, 3.05) is 0 Å². The highest BCUT2D eigenvalue weighted by molar-refractivity contribution is 9.61. The first-order chi connectivity index (χ1) is 4.69. The van der Waals surface area contributed by atoms with Crippen LogP contribution in [-0.4, -0.2) is 5.12 Å². The van der Waals surface area contributed by atoms with Gasteiger partial charge < -0.3 is 0 Å². The van der Waals surface area contributed by atoms with Gasteiger partial charge >= 0.3 is 0 Å². The summed E-state index contributed by atoms with van der Waals surface area (Å²) in [5.74, 6) is 0. The predicted octanol–water partition coefficient (Wildman–Crippen LogP) is 3.08. The van der Waals surface area contributed by atoms with Crippen molar-refractivity contribution in [2.45, 2.75) is 13.3 Å². The molecule has 0 aliphatic carbocycles. The fourth-order valence-corrected chi connectivity index (χ4v) is 3.65. The molecule has 0 spiro atoms. The zero-order valence-corrected chi connectivity index (χ0v) is 8.11. The minimum Gasteiger partial charge on any atom is -0.287 e. The van der Waals surface area contributed by atoms with Gasteiger partial charge in [0, 0.05) is 6.42 Å². The molecule has 1 heterocycles. The number of hydrogen-bond acceptors (Lipinski definition) is 1. The Kier molecular flexibility index (Phi) is 2.36. The first-order valence-corrected chi connectivity index (χ1v) is 6.70. The summed E-state index contributed by atoms with van der Waals surface area (Å²) >= 11 is 3.43. The molecule has 1 rings (SSSR count). The average Bonchev–Trinajstić information content (AvgIpc) is 2.36. The Morgan fingerprint density at radius 3 is 2.40 bits per heavy atom. The molecule has 0 bridgehead atoms. The minimum absolute atomic E-state index is 0.289. The summed E-state index contributed by atoms with van der Waals surface area (Å²) < 4.78 is 0. The summed E-state index contributed by atoms with van der Waals surface area (Å²) in [6.07, 6.45) is 4.44. The van der Waals surface area contributed by atoms with Crippen LogP contribution >= 0.6 is 23.3 Å². The Labute approximate surface area is 69.7 Å². The van der Waals surface area contributed by atoms with Crippen LogP contribution in [0.3, 0.4) is 0 Å². The Hall–Kier alpha value is -0.0200. The topological polar surface area (TPSA) is 17.1 Å². The van der Waals surface area contributed by atoms with Gasteiger partial charge in [0.2, 0.25) is 0 Å². The van der Waals surface area contributed by atoms with E-state index in [1.54, 1.807) is 0 Å². The fraction of sp³-hybridized carbons (Fsp3) is 0.286. The first kappa shape index (κ1) is 8.08. The van der Waals surface area contributed by atoms with Gasteiger partial charge in [0.15, 0.2) is 5.12 Å². The lowest BCUT2D eigenvalue weighted by Crippen LogP contribution is -1.97. The molecule has 1 aliphatic heterocycles. The monoisotopic (exact) mass is 220 g/mol. The smallest absolute Gasteiger partial charge is 0.188 e. The molecule has 0 unspecified atom stereocenters. The Morgan fingerprint density at radius 1 is 1.50 bits per heavy atom. The van der Waals surface area contributed by atoms with Crippen LogP contribution in [0.15, 0.2) is 23.0 Å². The molecule has 0 saturated heterocycles. The van der Waals surface area contributed by atoms with E-state index >= 15 is 0 Å². The molecule has 0 aromatic carbocycles. The Bertz CT molecular complexity index is 196. The van der Waals surface area contributed by atoms with E-state index in [0.717, 1.165) is 0 Å². The van der Waals surface area contributed by atoms with Crippen molar-refractivity contribution < 1.29 is 4.79 Å². The van der Waals surface area contributed by atoms with Crippen LogP contribution in [0.1, 0.15) is 13.3 Å². The molecule has 0 amide bonds. The third kappa shape index (κ3) is 1.35. The van der Waals surface area contributed by atoms with Gasteiger partial charge in [0.25, 0.3) is 0 Å². The van der Waals surface area contributed by atoms with Crippen molar-refractivity contribution >= 4 is 28.4 Å². The highest BCUT2D eigenvalue weighted by Crippen LogP contribution is 2.61. The molecular weight excluding hydrogens is 212 g/mol. The number of rotatable bonds is 1. The minimum atomic E-state index is -1.32. The summed E-state index contributed by atoms with van der Waals surface area (Å²) in [6.45, 7) is 1.89. The van der Waals surface area contributed by atoms with Crippen LogP contribution in [0, 0.1) is 0 Å². The van der Waals surface area contributed by atoms with Crippen molar-refractivity contribution in [1.82, 2.24) is 0 Å². The van der Waals surface area contributed by atoms with Gasteiger partial charge in [-0.05, 0) is 25.6 Å². The fourth-order valence-electron chi connectivity index (χ4n) is 0.738. The zero-order chi connectivity index (χ0) is 7.61. The van der Waals surface area contributed by atoms with Gasteiger partial charge in [-0.2, -0.15) is 0 Å². The second-order valence-corrected chi connectivity index (χ2v) is 7.48. The lowest BCUT2D eigenvalue weighted by atomic mass is 10.6. The van der Waals surface area contributed by atoms with Crippen molar-refractivity contribution in [2.24, 2.45) is 0 Å². The zero-order valence-electron chi connectivity index (χ0n) is 5.71. The highest BCUT2D eigenvalue weighted by Gasteiger charge is 2.23. The van der Waals surface area contributed by atoms with E-state index in [1.165, 1.54) is 0 Å². The molecule has 0 radical (unpaired) electrons. The summed E-state index contributed by atoms with van der Waals surface area (Å²) in [6, 6.07) is 0. The van der Waals surface area contributed by atoms with Crippen molar-refractivity contribution in [3.05, 3.63) is 23.0 Å². The third-order valence-corrected chi connectivity index (χ3v) is 5.77. The molecule has 0 aromatic heterocycles. The number of hydrogen-bond donors (Lipinski definition) is 0. The molecule has 3 heteroatoms. The average molecular weight is 221 g/mol. The molecule has 1 aliphatic rings. The number of halogens is 1. The summed E-state index contributed by atoms with van der Waals surface area (Å²) in [4.78, 5) is 11.2. The van der Waals surface area contributed by atoms with E-state index in [1.807, 2.05) is 29.9 Å². The van der Waals surface area contributed by atoms with Crippen LogP contribution in [0.2, 0.25) is 0 Å². The van der Waals surface area contributed by atoms with Gasteiger partial charge in [0.05, 0.1) is 0 Å². The van der Waals surface area contributed by atoms with Crippen molar-refractivity contribution in [3.63, 3.8) is 0 Å². The Balaban J connectivity index is 2.79. The van der Waals surface area contributed by atoms with Crippen LogP contribution < -0.4 is 0 Å². The largest absolute Gasteiger partial charge is 0.287 e. The van der Waals surface area contributed by atoms with Crippen LogP contribution in [0.4, 0.5) is 0 Å². The van der Waals surface area contributed by atoms with E-state index in [-0.39, 0.29) is 5.12 Å². The second-order valence-electron chi connectivity index (χ2n) is 2.01. The maximum Gasteiger partial charge on any atom is 0.188 e. The lowest BCUT2D eigenvalue weighted by molar-refractivity contribution is -0.110. The van der Waals surface area contributed by atoms with Gasteiger partial charge in [-0.15, -0.1) is 0 Å². The third-order valence-electron chi connectivity index (χ3n) is 1.30. The van der Waals surface area contributed by atoms with E-state index in [0.29, 0.717) is 6.42 Å². The van der Waals surface area contributed by atoms with Gasteiger partial charge in [-0.3, -0.25) is 4.79 Å². The summed E-state index contributed by atoms with van der Waals surface area (Å²) in [7, 11) is -1.32. The molecule has 0 fully saturated rings. The van der Waals surface area contributed by atoms with Crippen molar-refractivity contribution in [3.8, 4) is 0 Å². The van der Waals surface area contributed by atoms with Gasteiger partial charge in [-0.1, -0.05) is 27.5 Å². The molecule has 0 saturated carbocycles. The van der Waals surface area contributed by atoms with E-state index in [4.69, 9.17) is 0 Å². The van der Waals surface area contributed by atoms with Gasteiger partial charge in [0.1, 0.15) is 0 Å². The van der Waals surface area contributed by atoms with Crippen LogP contribution in [0.5, 0.6) is 0 Å². The van der Waals surface area contributed by atoms with E-state index < -0.39 is 8.46 Å². The lowest BCUT2D eigenvalue weighted by Gasteiger charge is -2.19. The van der Waals surface area contributed by atoms with Gasteiger partial charge in [-0.25, -0.2) is 0 Å². The maximum absolute atomic E-state index is 11.2. The molecule has 0 atom stereocenters. The van der Waals surface area contributed by atoms with Crippen LogP contribution in [0.25, 0.3) is 0 Å². The molecule has 10 heavy (non-hydrogen) atoms. The number of carbonyl (C=O) groups is 1. The SMILES string of the molecule is CCC(=O)S1(Br)C=CC=C1. The quantitative estimate of drug-likeness (QED) is 0.664. The standard InChI is InChI=1S/C7H9BrOS/c1-2-7(9)10(8)5-3-4-6-10/h3-6H,2H2,1H3. The van der Waals surface area contributed by atoms with Crippen molar-refractivity contribution in [1.29, 1.82) is 0 Å². The Morgan fingerprint density at radius 2 is 2.00 bits per heavy atom. The maximum atomic E-state index is 11.2. The normalized spacial score (nSPS) is 23.0.